The molecule has 1 N–H and O–H groups in total. The van der Waals surface area contributed by atoms with Crippen LogP contribution in [0, 0.1) is 0 Å². The summed E-state index contributed by atoms with van der Waals surface area (Å²) in [6.45, 7) is 4.24. The zero-order chi connectivity index (χ0) is 22.3. The molecule has 0 spiro atoms. The van der Waals surface area contributed by atoms with E-state index in [0.717, 1.165) is 11.1 Å². The zero-order valence-corrected chi connectivity index (χ0v) is 17.8. The predicted octanol–water partition coefficient (Wildman–Crippen LogP) is 3.56. The van der Waals surface area contributed by atoms with Crippen molar-refractivity contribution in [2.45, 2.75) is 51.4 Å². The molecular weight excluding hydrogens is 400 g/mol. The van der Waals surface area contributed by atoms with E-state index in [1.54, 1.807) is 36.4 Å². The quantitative estimate of drug-likeness (QED) is 0.482. The number of aromatic hydroxyl groups is 1. The highest BCUT2D eigenvalue weighted by Crippen LogP contribution is 2.22. The third-order valence-corrected chi connectivity index (χ3v) is 4.82. The van der Waals surface area contributed by atoms with Crippen LogP contribution in [0.3, 0.4) is 0 Å². The normalized spacial score (nSPS) is 17.3. The second kappa shape index (κ2) is 10.4. The first kappa shape index (κ1) is 22.8. The number of benzene rings is 2. The molecule has 31 heavy (non-hydrogen) atoms. The van der Waals surface area contributed by atoms with Crippen LogP contribution in [0.5, 0.6) is 11.5 Å². The molecule has 1 aliphatic rings. The molecule has 7 heteroatoms. The molecule has 0 amide bonds. The van der Waals surface area contributed by atoms with Crippen LogP contribution in [-0.4, -0.2) is 42.1 Å². The van der Waals surface area contributed by atoms with Crippen LogP contribution >= 0.6 is 0 Å². The number of carbonyl (C=O) groups excluding carboxylic acids is 2. The number of hydrogen-bond donors (Lipinski definition) is 1. The van der Waals surface area contributed by atoms with E-state index >= 15 is 0 Å². The molecule has 0 aromatic heterocycles. The average Bonchev–Trinajstić information content (AvgIpc) is 3.10. The smallest absolute Gasteiger partial charge is 0.311 e. The van der Waals surface area contributed by atoms with Crippen LogP contribution in [-0.2, 0) is 36.6 Å². The van der Waals surface area contributed by atoms with Crippen LogP contribution in [0.2, 0.25) is 0 Å². The first-order valence-electron chi connectivity index (χ1n) is 10.3. The predicted molar refractivity (Wildman–Crippen MR) is 113 cm³/mol. The lowest BCUT2D eigenvalue weighted by molar-refractivity contribution is -0.158. The molecule has 1 saturated heterocycles. The van der Waals surface area contributed by atoms with Crippen molar-refractivity contribution in [1.29, 1.82) is 0 Å². The van der Waals surface area contributed by atoms with E-state index in [1.165, 1.54) is 0 Å². The zero-order valence-electron chi connectivity index (χ0n) is 17.8. The molecule has 1 aliphatic heterocycles. The summed E-state index contributed by atoms with van der Waals surface area (Å²) >= 11 is 0. The summed E-state index contributed by atoms with van der Waals surface area (Å²) in [5.74, 6) is -0.596. The number of carbonyl (C=O) groups is 2. The molecule has 0 saturated carbocycles. The fraction of sp³-hybridized carbons (Fsp3) is 0.417. The molecule has 1 fully saturated rings. The second-order valence-corrected chi connectivity index (χ2v) is 7.92. The van der Waals surface area contributed by atoms with Crippen molar-refractivity contribution >= 4 is 11.9 Å². The summed E-state index contributed by atoms with van der Waals surface area (Å²) < 4.78 is 21.6. The lowest BCUT2D eigenvalue weighted by Gasteiger charge is -2.17. The lowest BCUT2D eigenvalue weighted by atomic mass is 10.1. The van der Waals surface area contributed by atoms with Crippen LogP contribution in [0.1, 0.15) is 37.8 Å². The van der Waals surface area contributed by atoms with E-state index in [9.17, 15) is 14.7 Å². The minimum atomic E-state index is -0.631. The van der Waals surface area contributed by atoms with Gasteiger partial charge in [-0.25, -0.2) is 0 Å². The number of rotatable bonds is 9. The van der Waals surface area contributed by atoms with Gasteiger partial charge >= 0.3 is 11.9 Å². The molecule has 3 rings (SSSR count). The molecule has 2 aromatic rings. The van der Waals surface area contributed by atoms with Gasteiger partial charge in [0, 0.05) is 12.8 Å². The highest BCUT2D eigenvalue weighted by Gasteiger charge is 2.33. The molecule has 0 unspecified atom stereocenters. The summed E-state index contributed by atoms with van der Waals surface area (Å²) in [4.78, 5) is 24.0. The molecular formula is C24H28O7. The number of phenols is 1. The molecule has 166 valence electrons. The largest absolute Gasteiger partial charge is 0.508 e. The monoisotopic (exact) mass is 428 g/mol. The van der Waals surface area contributed by atoms with Gasteiger partial charge < -0.3 is 24.1 Å². The van der Waals surface area contributed by atoms with Crippen LogP contribution in [0.25, 0.3) is 0 Å². The summed E-state index contributed by atoms with van der Waals surface area (Å²) in [5, 5.41) is 9.28. The Kier molecular flexibility index (Phi) is 7.65. The van der Waals surface area contributed by atoms with Crippen molar-refractivity contribution in [3.05, 3.63) is 59.7 Å². The van der Waals surface area contributed by atoms with Gasteiger partial charge in [-0.3, -0.25) is 9.59 Å². The minimum absolute atomic E-state index is 0.182. The maximum Gasteiger partial charge on any atom is 0.311 e. The number of phenolic OH excluding ortho intramolecular Hbond substituents is 1. The van der Waals surface area contributed by atoms with Crippen molar-refractivity contribution in [1.82, 2.24) is 0 Å². The van der Waals surface area contributed by atoms with Gasteiger partial charge in [-0.05, 0) is 62.1 Å². The number of aryl methyl sites for hydroxylation is 2. The van der Waals surface area contributed by atoms with E-state index in [0.29, 0.717) is 25.2 Å². The maximum absolute atomic E-state index is 12.0. The number of ether oxygens (including phenoxy) is 4. The summed E-state index contributed by atoms with van der Waals surface area (Å²) in [6.07, 6.45) is 1.33. The van der Waals surface area contributed by atoms with Gasteiger partial charge in [0.1, 0.15) is 24.2 Å². The molecule has 0 bridgehead atoms. The van der Waals surface area contributed by atoms with E-state index in [-0.39, 0.29) is 43.2 Å². The Labute approximate surface area is 181 Å². The number of hydrogen-bond acceptors (Lipinski definition) is 7. The van der Waals surface area contributed by atoms with Gasteiger partial charge in [-0.2, -0.15) is 0 Å². The Morgan fingerprint density at radius 2 is 1.55 bits per heavy atom. The summed E-state index contributed by atoms with van der Waals surface area (Å²) in [6, 6.07) is 13.8. The third-order valence-electron chi connectivity index (χ3n) is 4.82. The number of esters is 2. The standard InChI is InChI=1S/C24H28O7/c1-24(2)29-16-21(31-24)15-28-22(26)13-7-18-5-11-20(12-6-18)30-23(27)14-8-17-3-9-19(25)10-4-17/h3-6,9-12,21,25H,7-8,13-16H2,1-2H3/t21-/m0/s1. The Morgan fingerprint density at radius 3 is 2.13 bits per heavy atom. The van der Waals surface area contributed by atoms with Gasteiger partial charge in [0.15, 0.2) is 5.79 Å². The van der Waals surface area contributed by atoms with E-state index in [4.69, 9.17) is 18.9 Å². The van der Waals surface area contributed by atoms with Crippen LogP contribution in [0.4, 0.5) is 0 Å². The van der Waals surface area contributed by atoms with Gasteiger partial charge in [0.25, 0.3) is 0 Å². The Hall–Kier alpha value is -2.90. The first-order chi connectivity index (χ1) is 14.8. The molecule has 0 aliphatic carbocycles. The Bertz CT molecular complexity index is 872. The van der Waals surface area contributed by atoms with E-state index < -0.39 is 5.79 Å². The highest BCUT2D eigenvalue weighted by atomic mass is 16.7. The maximum atomic E-state index is 12.0. The molecule has 7 nitrogen and oxygen atoms in total. The van der Waals surface area contributed by atoms with Crippen molar-refractivity contribution in [2.24, 2.45) is 0 Å². The van der Waals surface area contributed by atoms with E-state index in [2.05, 4.69) is 0 Å². The summed E-state index contributed by atoms with van der Waals surface area (Å²) in [5.41, 5.74) is 1.90. The van der Waals surface area contributed by atoms with Crippen LogP contribution in [0.15, 0.2) is 48.5 Å². The summed E-state index contributed by atoms with van der Waals surface area (Å²) in [7, 11) is 0. The lowest BCUT2D eigenvalue weighted by Crippen LogP contribution is -2.25. The van der Waals surface area contributed by atoms with Gasteiger partial charge in [-0.15, -0.1) is 0 Å². The minimum Gasteiger partial charge on any atom is -0.508 e. The first-order valence-corrected chi connectivity index (χ1v) is 10.3. The van der Waals surface area contributed by atoms with Gasteiger partial charge in [-0.1, -0.05) is 24.3 Å². The van der Waals surface area contributed by atoms with Crippen molar-refractivity contribution in [3.8, 4) is 11.5 Å². The third kappa shape index (κ3) is 7.70. The topological polar surface area (TPSA) is 91.3 Å². The molecule has 1 heterocycles. The molecule has 0 radical (unpaired) electrons. The average molecular weight is 428 g/mol. The van der Waals surface area contributed by atoms with Crippen molar-refractivity contribution in [3.63, 3.8) is 0 Å². The second-order valence-electron chi connectivity index (χ2n) is 7.92. The molecule has 1 atom stereocenters. The molecule has 2 aromatic carbocycles. The van der Waals surface area contributed by atoms with Crippen molar-refractivity contribution < 1.29 is 33.6 Å². The fourth-order valence-electron chi connectivity index (χ4n) is 3.17. The van der Waals surface area contributed by atoms with Crippen molar-refractivity contribution in [2.75, 3.05) is 13.2 Å². The van der Waals surface area contributed by atoms with E-state index in [1.807, 2.05) is 26.0 Å². The fourth-order valence-corrected chi connectivity index (χ4v) is 3.17. The van der Waals surface area contributed by atoms with Crippen LogP contribution < -0.4 is 4.74 Å². The van der Waals surface area contributed by atoms with Gasteiger partial charge in [0.2, 0.25) is 0 Å². The highest BCUT2D eigenvalue weighted by molar-refractivity contribution is 5.72. The van der Waals surface area contributed by atoms with Gasteiger partial charge in [0.05, 0.1) is 6.61 Å². The Balaban J connectivity index is 1.35. The Morgan fingerprint density at radius 1 is 0.968 bits per heavy atom. The SMILES string of the molecule is CC1(C)OC[C@H](COC(=O)CCc2ccc(OC(=O)CCc3ccc(O)cc3)cc2)O1.